The summed E-state index contributed by atoms with van der Waals surface area (Å²) in [5.41, 5.74) is 14.1. The van der Waals surface area contributed by atoms with E-state index in [2.05, 4.69) is 24.8 Å². The van der Waals surface area contributed by atoms with E-state index in [0.717, 1.165) is 61.1 Å². The lowest BCUT2D eigenvalue weighted by Crippen LogP contribution is -2.48. The molecule has 0 bridgehead atoms. The number of aromatic nitrogens is 1. The number of nitrogen functional groups attached to an aromatic ring is 1. The van der Waals surface area contributed by atoms with Crippen LogP contribution in [-0.4, -0.2) is 29.9 Å². The number of nitrogens with two attached hydrogens (primary N) is 2. The van der Waals surface area contributed by atoms with Crippen LogP contribution in [0, 0.1) is 0 Å². The topological polar surface area (TPSA) is 85.2 Å². The molecule has 5 nitrogen and oxygen atoms in total. The summed E-state index contributed by atoms with van der Waals surface area (Å²) in [4.78, 5) is 19.7. The average Bonchev–Trinajstić information content (AvgIpc) is 2.84. The number of carbonyl (C=O) groups excluding carboxylic acids is 1. The molecule has 0 atom stereocenters. The number of thiophene rings is 1. The van der Waals surface area contributed by atoms with Gasteiger partial charge in [0.15, 0.2) is 6.29 Å². The lowest BCUT2D eigenvalue weighted by atomic mass is 9.91. The highest BCUT2D eigenvalue weighted by atomic mass is 32.1. The van der Waals surface area contributed by atoms with Gasteiger partial charge in [0.1, 0.15) is 10.6 Å². The van der Waals surface area contributed by atoms with Gasteiger partial charge in [-0.1, -0.05) is 13.3 Å². The molecule has 2 aromatic heterocycles. The Bertz CT molecular complexity index is 728. The number of pyridine rings is 1. The molecule has 3 heterocycles. The molecule has 1 fully saturated rings. The van der Waals surface area contributed by atoms with Crippen LogP contribution in [0.2, 0.25) is 0 Å². The Balaban J connectivity index is 2.03. The second-order valence-corrected chi connectivity index (χ2v) is 7.74. The van der Waals surface area contributed by atoms with Gasteiger partial charge in [0.2, 0.25) is 0 Å². The lowest BCUT2D eigenvalue weighted by molar-refractivity contribution is 0.112. The van der Waals surface area contributed by atoms with E-state index in [0.29, 0.717) is 10.6 Å². The van der Waals surface area contributed by atoms with Gasteiger partial charge in [-0.05, 0) is 37.8 Å². The second kappa shape index (κ2) is 6.09. The van der Waals surface area contributed by atoms with Crippen molar-refractivity contribution in [3.05, 3.63) is 16.5 Å². The number of piperidine rings is 1. The first-order valence-electron chi connectivity index (χ1n) is 8.16. The average molecular weight is 332 g/mol. The molecule has 4 N–H and O–H groups in total. The molecule has 0 aromatic carbocycles. The normalized spacial score (nSPS) is 17.6. The molecule has 1 aliphatic rings. The van der Waals surface area contributed by atoms with Crippen molar-refractivity contribution in [3.63, 3.8) is 0 Å². The summed E-state index contributed by atoms with van der Waals surface area (Å²) in [7, 11) is 0. The molecule has 2 aromatic rings. The first-order chi connectivity index (χ1) is 10.9. The van der Waals surface area contributed by atoms with E-state index in [4.69, 9.17) is 16.5 Å². The van der Waals surface area contributed by atoms with Gasteiger partial charge in [-0.15, -0.1) is 11.3 Å². The Labute approximate surface area is 140 Å². The zero-order chi connectivity index (χ0) is 16.6. The van der Waals surface area contributed by atoms with Crippen molar-refractivity contribution >= 4 is 39.3 Å². The number of carbonyl (C=O) groups is 1. The van der Waals surface area contributed by atoms with Gasteiger partial charge in [0, 0.05) is 24.0 Å². The minimum Gasteiger partial charge on any atom is -0.397 e. The van der Waals surface area contributed by atoms with Gasteiger partial charge in [0.05, 0.1) is 10.6 Å². The fourth-order valence-electron chi connectivity index (χ4n) is 3.16. The van der Waals surface area contributed by atoms with Crippen molar-refractivity contribution in [1.29, 1.82) is 0 Å². The highest BCUT2D eigenvalue weighted by Crippen LogP contribution is 2.37. The molecule has 0 amide bonds. The quantitative estimate of drug-likeness (QED) is 0.841. The van der Waals surface area contributed by atoms with E-state index >= 15 is 0 Å². The molecular weight excluding hydrogens is 308 g/mol. The van der Waals surface area contributed by atoms with Gasteiger partial charge in [-0.3, -0.25) is 4.79 Å². The number of rotatable bonds is 4. The van der Waals surface area contributed by atoms with Gasteiger partial charge in [-0.25, -0.2) is 4.98 Å². The van der Waals surface area contributed by atoms with Gasteiger partial charge in [-0.2, -0.15) is 0 Å². The van der Waals surface area contributed by atoms with Crippen LogP contribution in [0.3, 0.4) is 0 Å². The predicted octanol–water partition coefficient (Wildman–Crippen LogP) is 2.96. The van der Waals surface area contributed by atoms with Gasteiger partial charge in [0.25, 0.3) is 0 Å². The predicted molar refractivity (Wildman–Crippen MR) is 97.5 cm³/mol. The summed E-state index contributed by atoms with van der Waals surface area (Å²) in [6.07, 6.45) is 4.72. The summed E-state index contributed by atoms with van der Waals surface area (Å²) in [5.74, 6) is 0.982. The molecule has 6 heteroatoms. The number of nitrogens with zero attached hydrogens (tertiary/aromatic N) is 2. The Morgan fingerprint density at radius 1 is 1.43 bits per heavy atom. The van der Waals surface area contributed by atoms with Crippen molar-refractivity contribution < 1.29 is 4.79 Å². The summed E-state index contributed by atoms with van der Waals surface area (Å²) in [6, 6.07) is 2.14. The molecule has 0 spiro atoms. The molecule has 0 aliphatic carbocycles. The monoisotopic (exact) mass is 332 g/mol. The van der Waals surface area contributed by atoms with Crippen molar-refractivity contribution in [2.75, 3.05) is 23.7 Å². The van der Waals surface area contributed by atoms with Crippen LogP contribution in [0.1, 0.15) is 48.3 Å². The number of anilines is 2. The third-order valence-corrected chi connectivity index (χ3v) is 5.68. The molecule has 0 saturated carbocycles. The van der Waals surface area contributed by atoms with Crippen molar-refractivity contribution in [1.82, 2.24) is 4.98 Å². The molecule has 1 aliphatic heterocycles. The number of hydrogen-bond donors (Lipinski definition) is 2. The Morgan fingerprint density at radius 3 is 2.74 bits per heavy atom. The van der Waals surface area contributed by atoms with E-state index in [1.807, 2.05) is 0 Å². The lowest BCUT2D eigenvalue weighted by Gasteiger charge is -2.37. The van der Waals surface area contributed by atoms with E-state index < -0.39 is 0 Å². The van der Waals surface area contributed by atoms with Crippen LogP contribution in [0.15, 0.2) is 6.07 Å². The van der Waals surface area contributed by atoms with Crippen molar-refractivity contribution in [3.8, 4) is 0 Å². The van der Waals surface area contributed by atoms with Gasteiger partial charge >= 0.3 is 0 Å². The Kier molecular flexibility index (Phi) is 4.29. The molecular formula is C17H24N4OS. The Morgan fingerprint density at radius 2 is 2.13 bits per heavy atom. The maximum absolute atomic E-state index is 11.2. The number of fused-ring (bicyclic) bond motifs is 1. The van der Waals surface area contributed by atoms with Crippen LogP contribution < -0.4 is 16.4 Å². The molecule has 0 unspecified atom stereocenters. The summed E-state index contributed by atoms with van der Waals surface area (Å²) < 4.78 is 0. The third kappa shape index (κ3) is 3.05. The zero-order valence-corrected chi connectivity index (χ0v) is 14.6. The summed E-state index contributed by atoms with van der Waals surface area (Å²) in [6.45, 7) is 6.09. The fraction of sp³-hybridized carbons (Fsp3) is 0.529. The largest absolute Gasteiger partial charge is 0.397 e. The first kappa shape index (κ1) is 16.2. The molecule has 23 heavy (non-hydrogen) atoms. The minimum absolute atomic E-state index is 0.0785. The first-order valence-corrected chi connectivity index (χ1v) is 8.97. The van der Waals surface area contributed by atoms with E-state index in [-0.39, 0.29) is 5.54 Å². The highest BCUT2D eigenvalue weighted by Gasteiger charge is 2.27. The standard InChI is InChI=1S/C17H24N4OS/c1-3-4-11-9-13(21-7-5-17(2,19)6-8-21)20-16-14(11)15(18)12(10-22)23-16/h9-10H,3-8,18-19H2,1-2H3. The second-order valence-electron chi connectivity index (χ2n) is 6.71. The maximum Gasteiger partial charge on any atom is 0.162 e. The molecule has 3 rings (SSSR count). The van der Waals surface area contributed by atoms with Crippen molar-refractivity contribution in [2.24, 2.45) is 5.73 Å². The molecule has 124 valence electrons. The number of hydrogen-bond acceptors (Lipinski definition) is 6. The number of aldehydes is 1. The SMILES string of the molecule is CCCc1cc(N2CCC(C)(N)CC2)nc2sc(C=O)c(N)c12. The Hall–Kier alpha value is -1.66. The smallest absolute Gasteiger partial charge is 0.162 e. The van der Waals surface area contributed by atoms with E-state index in [9.17, 15) is 4.79 Å². The summed E-state index contributed by atoms with van der Waals surface area (Å²) >= 11 is 1.39. The fourth-order valence-corrected chi connectivity index (χ4v) is 4.12. The van der Waals surface area contributed by atoms with Crippen LogP contribution in [-0.2, 0) is 6.42 Å². The van der Waals surface area contributed by atoms with Crippen molar-refractivity contribution in [2.45, 2.75) is 45.1 Å². The number of aryl methyl sites for hydroxylation is 1. The maximum atomic E-state index is 11.2. The highest BCUT2D eigenvalue weighted by molar-refractivity contribution is 7.20. The van der Waals surface area contributed by atoms with Crippen LogP contribution in [0.25, 0.3) is 10.2 Å². The van der Waals surface area contributed by atoms with Crippen LogP contribution >= 0.6 is 11.3 Å². The van der Waals surface area contributed by atoms with E-state index in [1.54, 1.807) is 0 Å². The van der Waals surface area contributed by atoms with Crippen LogP contribution in [0.4, 0.5) is 11.5 Å². The van der Waals surface area contributed by atoms with Gasteiger partial charge < -0.3 is 16.4 Å². The minimum atomic E-state index is -0.0785. The molecule has 0 radical (unpaired) electrons. The third-order valence-electron chi connectivity index (χ3n) is 4.65. The zero-order valence-electron chi connectivity index (χ0n) is 13.8. The molecule has 1 saturated heterocycles. The van der Waals surface area contributed by atoms with Crippen LogP contribution in [0.5, 0.6) is 0 Å². The summed E-state index contributed by atoms with van der Waals surface area (Å²) in [5, 5.41) is 0.961. The van der Waals surface area contributed by atoms with E-state index in [1.165, 1.54) is 16.9 Å².